The molecular formula is C25H34N4O. The van der Waals surface area contributed by atoms with Gasteiger partial charge in [0, 0.05) is 62.4 Å². The topological polar surface area (TPSA) is 31.7 Å². The number of amides is 1. The van der Waals surface area contributed by atoms with Gasteiger partial charge in [-0.05, 0) is 69.6 Å². The number of para-hydroxylation sites is 1. The molecule has 1 amide bonds. The van der Waals surface area contributed by atoms with Crippen molar-refractivity contribution in [2.24, 2.45) is 0 Å². The highest BCUT2D eigenvalue weighted by atomic mass is 16.2. The van der Waals surface area contributed by atoms with Crippen molar-refractivity contribution < 1.29 is 4.79 Å². The number of benzene rings is 1. The van der Waals surface area contributed by atoms with Crippen LogP contribution >= 0.6 is 0 Å². The van der Waals surface area contributed by atoms with Crippen LogP contribution < -0.4 is 0 Å². The van der Waals surface area contributed by atoms with Gasteiger partial charge in [-0.15, -0.1) is 0 Å². The van der Waals surface area contributed by atoms with Crippen LogP contribution in [0.4, 0.5) is 0 Å². The fourth-order valence-corrected chi connectivity index (χ4v) is 4.68. The second-order valence-corrected chi connectivity index (χ2v) is 8.55. The van der Waals surface area contributed by atoms with Crippen LogP contribution in [-0.4, -0.2) is 77.5 Å². The first-order valence-corrected chi connectivity index (χ1v) is 11.3. The Labute approximate surface area is 180 Å². The monoisotopic (exact) mass is 406 g/mol. The van der Waals surface area contributed by atoms with E-state index in [2.05, 4.69) is 58.5 Å². The lowest BCUT2D eigenvalue weighted by Crippen LogP contribution is -2.49. The van der Waals surface area contributed by atoms with Crippen LogP contribution in [0.15, 0.2) is 42.5 Å². The summed E-state index contributed by atoms with van der Waals surface area (Å²) in [6.07, 6.45) is 6.42. The molecule has 5 heteroatoms. The minimum Gasteiger partial charge on any atom is -0.337 e. The molecule has 30 heavy (non-hydrogen) atoms. The first kappa shape index (κ1) is 20.9. The zero-order valence-corrected chi connectivity index (χ0v) is 18.4. The van der Waals surface area contributed by atoms with E-state index in [1.165, 1.54) is 38.2 Å². The summed E-state index contributed by atoms with van der Waals surface area (Å²) >= 11 is 0. The number of carbonyl (C=O) groups is 1. The Balaban J connectivity index is 1.31. The molecule has 3 heterocycles. The Bertz CT molecular complexity index is 872. The van der Waals surface area contributed by atoms with Gasteiger partial charge in [-0.1, -0.05) is 18.2 Å². The third kappa shape index (κ3) is 4.85. The van der Waals surface area contributed by atoms with Crippen molar-refractivity contribution >= 4 is 12.0 Å². The standard InChI is InChI=1S/C25H34N4O/c1-21-20-23(22(2)29(21)24-8-4-3-5-9-24)10-11-25(30)28-18-16-27(17-19-28)15-14-26-12-6-7-13-26/h3-5,8-11,20H,6-7,12-19H2,1-2H3/b11-10+. The third-order valence-electron chi connectivity index (χ3n) is 6.51. The molecule has 4 rings (SSSR count). The summed E-state index contributed by atoms with van der Waals surface area (Å²) < 4.78 is 2.24. The van der Waals surface area contributed by atoms with Crippen LogP contribution in [0, 0.1) is 13.8 Å². The van der Waals surface area contributed by atoms with E-state index in [-0.39, 0.29) is 5.91 Å². The number of carbonyl (C=O) groups excluding carboxylic acids is 1. The van der Waals surface area contributed by atoms with Crippen LogP contribution in [0.5, 0.6) is 0 Å². The molecule has 2 aromatic rings. The van der Waals surface area contributed by atoms with Gasteiger partial charge in [0.1, 0.15) is 0 Å². The molecule has 0 N–H and O–H groups in total. The van der Waals surface area contributed by atoms with Crippen molar-refractivity contribution in [1.29, 1.82) is 0 Å². The molecule has 2 fully saturated rings. The third-order valence-corrected chi connectivity index (χ3v) is 6.51. The average molecular weight is 407 g/mol. The number of nitrogens with zero attached hydrogens (tertiary/aromatic N) is 4. The SMILES string of the molecule is Cc1cc(/C=C/C(=O)N2CCN(CCN3CCCC3)CC2)c(C)n1-c1ccccc1. The lowest BCUT2D eigenvalue weighted by molar-refractivity contribution is -0.127. The first-order valence-electron chi connectivity index (χ1n) is 11.3. The highest BCUT2D eigenvalue weighted by Gasteiger charge is 2.21. The van der Waals surface area contributed by atoms with Gasteiger partial charge >= 0.3 is 0 Å². The minimum atomic E-state index is 0.124. The highest BCUT2D eigenvalue weighted by molar-refractivity contribution is 5.92. The molecule has 2 aliphatic rings. The van der Waals surface area contributed by atoms with E-state index in [1.54, 1.807) is 6.08 Å². The Morgan fingerprint density at radius 1 is 0.900 bits per heavy atom. The normalized spacial score (nSPS) is 18.5. The predicted octanol–water partition coefficient (Wildman–Crippen LogP) is 3.35. The molecule has 0 radical (unpaired) electrons. The highest BCUT2D eigenvalue weighted by Crippen LogP contribution is 2.21. The summed E-state index contributed by atoms with van der Waals surface area (Å²) in [5.41, 5.74) is 4.60. The Hall–Kier alpha value is -2.37. The second-order valence-electron chi connectivity index (χ2n) is 8.55. The molecule has 0 saturated carbocycles. The van der Waals surface area contributed by atoms with E-state index >= 15 is 0 Å². The zero-order chi connectivity index (χ0) is 20.9. The van der Waals surface area contributed by atoms with Gasteiger partial charge in [-0.2, -0.15) is 0 Å². The summed E-state index contributed by atoms with van der Waals surface area (Å²) in [5.74, 6) is 0.124. The molecule has 0 bridgehead atoms. The van der Waals surface area contributed by atoms with Gasteiger partial charge in [0.05, 0.1) is 0 Å². The maximum Gasteiger partial charge on any atom is 0.246 e. The number of hydrogen-bond acceptors (Lipinski definition) is 3. The van der Waals surface area contributed by atoms with Crippen molar-refractivity contribution in [3.8, 4) is 5.69 Å². The molecule has 0 spiro atoms. The fourth-order valence-electron chi connectivity index (χ4n) is 4.68. The van der Waals surface area contributed by atoms with Crippen LogP contribution in [0.1, 0.15) is 29.8 Å². The number of piperazine rings is 1. The number of hydrogen-bond donors (Lipinski definition) is 0. The summed E-state index contributed by atoms with van der Waals surface area (Å²) in [6, 6.07) is 12.5. The summed E-state index contributed by atoms with van der Waals surface area (Å²) in [5, 5.41) is 0. The van der Waals surface area contributed by atoms with Crippen LogP contribution in [0.3, 0.4) is 0 Å². The van der Waals surface area contributed by atoms with E-state index < -0.39 is 0 Å². The Morgan fingerprint density at radius 3 is 2.20 bits per heavy atom. The van der Waals surface area contributed by atoms with Gasteiger partial charge in [-0.25, -0.2) is 0 Å². The summed E-state index contributed by atoms with van der Waals surface area (Å²) in [4.78, 5) is 19.8. The molecular weight excluding hydrogens is 372 g/mol. The summed E-state index contributed by atoms with van der Waals surface area (Å²) in [7, 11) is 0. The van der Waals surface area contributed by atoms with Crippen LogP contribution in [-0.2, 0) is 4.79 Å². The van der Waals surface area contributed by atoms with Crippen LogP contribution in [0.25, 0.3) is 11.8 Å². The molecule has 2 aliphatic heterocycles. The molecule has 0 aliphatic carbocycles. The quantitative estimate of drug-likeness (QED) is 0.690. The average Bonchev–Trinajstić information content (AvgIpc) is 3.39. The zero-order valence-electron chi connectivity index (χ0n) is 18.4. The van der Waals surface area contributed by atoms with Gasteiger partial charge in [-0.3, -0.25) is 9.69 Å². The Morgan fingerprint density at radius 2 is 1.53 bits per heavy atom. The number of rotatable bonds is 6. The van der Waals surface area contributed by atoms with Crippen molar-refractivity contribution in [1.82, 2.24) is 19.3 Å². The van der Waals surface area contributed by atoms with Gasteiger partial charge in [0.25, 0.3) is 0 Å². The summed E-state index contributed by atoms with van der Waals surface area (Å²) in [6.45, 7) is 12.7. The number of aromatic nitrogens is 1. The van der Waals surface area contributed by atoms with E-state index in [9.17, 15) is 4.79 Å². The molecule has 1 aromatic carbocycles. The molecule has 0 atom stereocenters. The van der Waals surface area contributed by atoms with E-state index in [0.717, 1.165) is 49.7 Å². The number of aryl methyl sites for hydroxylation is 1. The van der Waals surface area contributed by atoms with E-state index in [4.69, 9.17) is 0 Å². The van der Waals surface area contributed by atoms with Crippen molar-refractivity contribution in [2.45, 2.75) is 26.7 Å². The predicted molar refractivity (Wildman–Crippen MR) is 123 cm³/mol. The molecule has 5 nitrogen and oxygen atoms in total. The second kappa shape index (κ2) is 9.63. The van der Waals surface area contributed by atoms with Crippen LogP contribution in [0.2, 0.25) is 0 Å². The lowest BCUT2D eigenvalue weighted by Gasteiger charge is -2.35. The smallest absolute Gasteiger partial charge is 0.246 e. The lowest BCUT2D eigenvalue weighted by atomic mass is 10.2. The van der Waals surface area contributed by atoms with Gasteiger partial charge < -0.3 is 14.4 Å². The molecule has 160 valence electrons. The first-order chi connectivity index (χ1) is 14.6. The maximum absolute atomic E-state index is 12.7. The number of likely N-dealkylation sites (tertiary alicyclic amines) is 1. The van der Waals surface area contributed by atoms with Crippen molar-refractivity contribution in [3.63, 3.8) is 0 Å². The minimum absolute atomic E-state index is 0.124. The molecule has 1 aromatic heterocycles. The Kier molecular flexibility index (Phi) is 6.70. The van der Waals surface area contributed by atoms with E-state index in [0.29, 0.717) is 0 Å². The molecule has 2 saturated heterocycles. The van der Waals surface area contributed by atoms with Gasteiger partial charge in [0.2, 0.25) is 5.91 Å². The largest absolute Gasteiger partial charge is 0.337 e. The van der Waals surface area contributed by atoms with E-state index in [1.807, 2.05) is 17.0 Å². The maximum atomic E-state index is 12.7. The molecule has 0 unspecified atom stereocenters. The van der Waals surface area contributed by atoms with Crippen molar-refractivity contribution in [3.05, 3.63) is 59.4 Å². The van der Waals surface area contributed by atoms with Crippen molar-refractivity contribution in [2.75, 3.05) is 52.4 Å². The fraction of sp³-hybridized carbons (Fsp3) is 0.480. The van der Waals surface area contributed by atoms with Gasteiger partial charge in [0.15, 0.2) is 0 Å².